The van der Waals surface area contributed by atoms with Gasteiger partial charge in [0.15, 0.2) is 0 Å². The van der Waals surface area contributed by atoms with Gasteiger partial charge in [-0.15, -0.1) is 0 Å². The summed E-state index contributed by atoms with van der Waals surface area (Å²) < 4.78 is 29.9. The van der Waals surface area contributed by atoms with Crippen LogP contribution in [0.4, 0.5) is 0 Å². The molecule has 0 aromatic heterocycles. The Balaban J connectivity index is 2.35. The van der Waals surface area contributed by atoms with Crippen LogP contribution in [0, 0.1) is 0 Å². The summed E-state index contributed by atoms with van der Waals surface area (Å²) in [5.74, 6) is 0.624. The fourth-order valence-electron chi connectivity index (χ4n) is 1.02. The zero-order valence-electron chi connectivity index (χ0n) is 8.94. The average Bonchev–Trinajstić information content (AvgIpc) is 2.27. The Morgan fingerprint density at radius 1 is 1.38 bits per heavy atom. The normalized spacial score (nSPS) is 11.4. The number of halogens is 1. The Bertz CT molecular complexity index is 433. The van der Waals surface area contributed by atoms with Crippen molar-refractivity contribution in [1.29, 1.82) is 0 Å². The lowest BCUT2D eigenvalue weighted by Gasteiger charge is -2.08. The van der Waals surface area contributed by atoms with Crippen molar-refractivity contribution < 1.29 is 13.2 Å². The van der Waals surface area contributed by atoms with E-state index in [0.29, 0.717) is 10.8 Å². The van der Waals surface area contributed by atoms with Crippen molar-refractivity contribution in [2.75, 3.05) is 18.9 Å². The second-order valence-electron chi connectivity index (χ2n) is 3.08. The van der Waals surface area contributed by atoms with Crippen molar-refractivity contribution in [2.45, 2.75) is 6.92 Å². The second kappa shape index (κ2) is 6.08. The van der Waals surface area contributed by atoms with Crippen LogP contribution in [0.1, 0.15) is 6.92 Å². The summed E-state index contributed by atoms with van der Waals surface area (Å²) in [6.07, 6.45) is 0. The van der Waals surface area contributed by atoms with E-state index >= 15 is 0 Å². The Hall–Kier alpha value is -0.780. The molecule has 0 saturated heterocycles. The standard InChI is InChI=1S/C10H14ClNO3S/c1-2-16(13,14)12-7-8-15-10-6-4-3-5-9(10)11/h3-6,12H,2,7-8H2,1H3. The first-order valence-corrected chi connectivity index (χ1v) is 6.93. The van der Waals surface area contributed by atoms with Crippen molar-refractivity contribution in [3.8, 4) is 5.75 Å². The lowest BCUT2D eigenvalue weighted by Crippen LogP contribution is -2.29. The third-order valence-electron chi connectivity index (χ3n) is 1.90. The van der Waals surface area contributed by atoms with Gasteiger partial charge in [0.25, 0.3) is 0 Å². The van der Waals surface area contributed by atoms with Crippen LogP contribution >= 0.6 is 11.6 Å². The Morgan fingerprint density at radius 3 is 2.69 bits per heavy atom. The van der Waals surface area contributed by atoms with Gasteiger partial charge >= 0.3 is 0 Å². The van der Waals surface area contributed by atoms with Gasteiger partial charge in [-0.1, -0.05) is 23.7 Å². The van der Waals surface area contributed by atoms with Crippen LogP contribution in [-0.2, 0) is 10.0 Å². The molecule has 4 nitrogen and oxygen atoms in total. The first kappa shape index (κ1) is 13.3. The van der Waals surface area contributed by atoms with Crippen LogP contribution in [0.25, 0.3) is 0 Å². The Labute approximate surface area is 101 Å². The predicted molar refractivity (Wildman–Crippen MR) is 64.4 cm³/mol. The van der Waals surface area contributed by atoms with Gasteiger partial charge in [0.2, 0.25) is 10.0 Å². The molecule has 0 amide bonds. The number of ether oxygens (including phenoxy) is 1. The molecule has 16 heavy (non-hydrogen) atoms. The number of benzene rings is 1. The maximum atomic E-state index is 11.1. The summed E-state index contributed by atoms with van der Waals surface area (Å²) in [4.78, 5) is 0. The lowest BCUT2D eigenvalue weighted by atomic mass is 10.3. The van der Waals surface area contributed by atoms with Crippen LogP contribution in [0.2, 0.25) is 5.02 Å². The highest BCUT2D eigenvalue weighted by Crippen LogP contribution is 2.22. The molecule has 0 aliphatic rings. The van der Waals surface area contributed by atoms with Crippen molar-refractivity contribution >= 4 is 21.6 Å². The summed E-state index contributed by atoms with van der Waals surface area (Å²) in [5.41, 5.74) is 0. The smallest absolute Gasteiger partial charge is 0.211 e. The molecular formula is C10H14ClNO3S. The summed E-state index contributed by atoms with van der Waals surface area (Å²) in [5, 5.41) is 0.515. The predicted octanol–water partition coefficient (Wildman–Crippen LogP) is 1.66. The fourth-order valence-corrected chi connectivity index (χ4v) is 1.81. The topological polar surface area (TPSA) is 55.4 Å². The molecule has 0 bridgehead atoms. The molecule has 1 N–H and O–H groups in total. The maximum Gasteiger partial charge on any atom is 0.211 e. The number of hydrogen-bond acceptors (Lipinski definition) is 3. The highest BCUT2D eigenvalue weighted by molar-refractivity contribution is 7.89. The zero-order chi connectivity index (χ0) is 12.0. The highest BCUT2D eigenvalue weighted by atomic mass is 35.5. The highest BCUT2D eigenvalue weighted by Gasteiger charge is 2.05. The van der Waals surface area contributed by atoms with E-state index in [4.69, 9.17) is 16.3 Å². The zero-order valence-corrected chi connectivity index (χ0v) is 10.5. The van der Waals surface area contributed by atoms with Crippen LogP contribution in [0.15, 0.2) is 24.3 Å². The van der Waals surface area contributed by atoms with Gasteiger partial charge in [-0.3, -0.25) is 0 Å². The monoisotopic (exact) mass is 263 g/mol. The average molecular weight is 264 g/mol. The SMILES string of the molecule is CCS(=O)(=O)NCCOc1ccccc1Cl. The minimum Gasteiger partial charge on any atom is -0.491 e. The number of sulfonamides is 1. The Morgan fingerprint density at radius 2 is 2.06 bits per heavy atom. The van der Waals surface area contributed by atoms with E-state index in [2.05, 4.69) is 4.72 Å². The maximum absolute atomic E-state index is 11.1. The molecule has 0 aliphatic carbocycles. The summed E-state index contributed by atoms with van der Waals surface area (Å²) >= 11 is 5.86. The number of para-hydroxylation sites is 1. The molecule has 1 aromatic rings. The molecule has 0 unspecified atom stereocenters. The van der Waals surface area contributed by atoms with Gasteiger partial charge in [-0.05, 0) is 19.1 Å². The van der Waals surface area contributed by atoms with Crippen LogP contribution in [0.3, 0.4) is 0 Å². The van der Waals surface area contributed by atoms with Gasteiger partial charge in [0.1, 0.15) is 12.4 Å². The quantitative estimate of drug-likeness (QED) is 0.794. The molecule has 6 heteroatoms. The van der Waals surface area contributed by atoms with Crippen LogP contribution in [0.5, 0.6) is 5.75 Å². The molecule has 0 atom stereocenters. The fraction of sp³-hybridized carbons (Fsp3) is 0.400. The van der Waals surface area contributed by atoms with E-state index in [1.54, 1.807) is 31.2 Å². The van der Waals surface area contributed by atoms with Crippen molar-refractivity contribution in [2.24, 2.45) is 0 Å². The summed E-state index contributed by atoms with van der Waals surface area (Å²) in [6, 6.07) is 7.05. The minimum atomic E-state index is -3.15. The van der Waals surface area contributed by atoms with E-state index in [1.165, 1.54) is 0 Å². The van der Waals surface area contributed by atoms with Crippen molar-refractivity contribution in [3.05, 3.63) is 29.3 Å². The van der Waals surface area contributed by atoms with Gasteiger partial charge in [-0.2, -0.15) is 0 Å². The molecule has 0 aliphatic heterocycles. The summed E-state index contributed by atoms with van der Waals surface area (Å²) in [7, 11) is -3.15. The van der Waals surface area contributed by atoms with Crippen molar-refractivity contribution in [1.82, 2.24) is 4.72 Å². The molecule has 90 valence electrons. The van der Waals surface area contributed by atoms with Gasteiger partial charge in [-0.25, -0.2) is 13.1 Å². The molecular weight excluding hydrogens is 250 g/mol. The molecule has 0 heterocycles. The first-order chi connectivity index (χ1) is 7.55. The summed E-state index contributed by atoms with van der Waals surface area (Å²) in [6.45, 7) is 2.07. The molecule has 0 saturated carbocycles. The Kier molecular flexibility index (Phi) is 5.05. The van der Waals surface area contributed by atoms with E-state index < -0.39 is 10.0 Å². The molecule has 1 aromatic carbocycles. The molecule has 0 radical (unpaired) electrons. The van der Waals surface area contributed by atoms with E-state index in [0.717, 1.165) is 0 Å². The van der Waals surface area contributed by atoms with Crippen LogP contribution in [-0.4, -0.2) is 27.3 Å². The third-order valence-corrected chi connectivity index (χ3v) is 3.61. The molecule has 0 fully saturated rings. The first-order valence-electron chi connectivity index (χ1n) is 4.90. The largest absolute Gasteiger partial charge is 0.491 e. The van der Waals surface area contributed by atoms with E-state index in [9.17, 15) is 8.42 Å². The minimum absolute atomic E-state index is 0.0685. The number of nitrogens with one attached hydrogen (secondary N) is 1. The van der Waals surface area contributed by atoms with E-state index in [-0.39, 0.29) is 18.9 Å². The van der Waals surface area contributed by atoms with E-state index in [1.807, 2.05) is 0 Å². The second-order valence-corrected chi connectivity index (χ2v) is 5.58. The molecule has 0 spiro atoms. The van der Waals surface area contributed by atoms with Crippen LogP contribution < -0.4 is 9.46 Å². The molecule has 1 rings (SSSR count). The van der Waals surface area contributed by atoms with Gasteiger partial charge < -0.3 is 4.74 Å². The van der Waals surface area contributed by atoms with Gasteiger partial charge in [0.05, 0.1) is 10.8 Å². The third kappa shape index (κ3) is 4.38. The number of hydrogen-bond donors (Lipinski definition) is 1. The van der Waals surface area contributed by atoms with Crippen molar-refractivity contribution in [3.63, 3.8) is 0 Å². The number of rotatable bonds is 6. The van der Waals surface area contributed by atoms with Gasteiger partial charge in [0, 0.05) is 6.54 Å². The lowest BCUT2D eigenvalue weighted by molar-refractivity contribution is 0.323.